The summed E-state index contributed by atoms with van der Waals surface area (Å²) in [6.07, 6.45) is 11.4. The van der Waals surface area contributed by atoms with Gasteiger partial charge in [-0.2, -0.15) is 0 Å². The van der Waals surface area contributed by atoms with E-state index in [0.29, 0.717) is 52.2 Å². The van der Waals surface area contributed by atoms with Gasteiger partial charge in [0.15, 0.2) is 11.5 Å². The molecule has 7 rings (SSSR count). The van der Waals surface area contributed by atoms with Gasteiger partial charge in [0.25, 0.3) is 10.0 Å². The Morgan fingerprint density at radius 2 is 1.82 bits per heavy atom. The average molecular weight is 630 g/mol. The van der Waals surface area contributed by atoms with Gasteiger partial charge < -0.3 is 23.7 Å². The molecule has 1 atom stereocenters. The molecule has 45 heavy (non-hydrogen) atoms. The van der Waals surface area contributed by atoms with Crippen LogP contribution in [-0.4, -0.2) is 71.8 Å². The predicted octanol–water partition coefficient (Wildman–Crippen LogP) is 6.17. The molecular weight excluding hydrogens is 590 g/mol. The number of hydrogen-bond acceptors (Lipinski definition) is 8. The Bertz CT molecular complexity index is 1920. The van der Waals surface area contributed by atoms with Crippen LogP contribution in [0.2, 0.25) is 0 Å². The maximum atomic E-state index is 14.4. The van der Waals surface area contributed by atoms with Crippen LogP contribution >= 0.6 is 0 Å². The van der Waals surface area contributed by atoms with Crippen molar-refractivity contribution in [3.63, 3.8) is 0 Å². The summed E-state index contributed by atoms with van der Waals surface area (Å²) < 4.78 is 50.5. The molecule has 2 aliphatic heterocycles. The van der Waals surface area contributed by atoms with E-state index in [2.05, 4.69) is 9.88 Å². The van der Waals surface area contributed by atoms with Crippen LogP contribution in [0.15, 0.2) is 66.1 Å². The molecule has 2 aromatic carbocycles. The molecule has 5 aromatic rings. The van der Waals surface area contributed by atoms with E-state index in [1.54, 1.807) is 50.1 Å². The number of ether oxygens (including phenoxy) is 3. The van der Waals surface area contributed by atoms with Crippen molar-refractivity contribution in [2.24, 2.45) is 0 Å². The summed E-state index contributed by atoms with van der Waals surface area (Å²) in [5.74, 6) is 1.04. The molecule has 0 radical (unpaired) electrons. The standard InChI is InChI=1S/C34H39N5O5S/c1-24-9-11-25(12-10-24)45(40,41)39-27-13-14-36-34(29-22-35-23-38(29)32-8-3-6-18-44-32)33(27)26-20-30(42-2)31(21-28(26)39)43-19-7-17-37-15-4-5-16-37/h9-14,20-23,32H,3-8,15-19H2,1-2H3. The maximum absolute atomic E-state index is 14.4. The zero-order chi connectivity index (χ0) is 31.0. The van der Waals surface area contributed by atoms with Crippen LogP contribution in [0.3, 0.4) is 0 Å². The second-order valence-electron chi connectivity index (χ2n) is 11.9. The molecule has 0 amide bonds. The van der Waals surface area contributed by atoms with Crippen molar-refractivity contribution in [2.45, 2.75) is 56.6 Å². The lowest BCUT2D eigenvalue weighted by atomic mass is 10.1. The third-order valence-electron chi connectivity index (χ3n) is 8.93. The number of benzene rings is 2. The van der Waals surface area contributed by atoms with Crippen molar-refractivity contribution in [1.82, 2.24) is 23.4 Å². The van der Waals surface area contributed by atoms with Gasteiger partial charge in [-0.05, 0) is 82.8 Å². The van der Waals surface area contributed by atoms with E-state index in [0.717, 1.165) is 56.6 Å². The lowest BCUT2D eigenvalue weighted by Gasteiger charge is -2.25. The number of likely N-dealkylation sites (tertiary alicyclic amines) is 1. The first-order valence-electron chi connectivity index (χ1n) is 15.8. The Morgan fingerprint density at radius 3 is 2.58 bits per heavy atom. The van der Waals surface area contributed by atoms with Gasteiger partial charge in [-0.15, -0.1) is 0 Å². The van der Waals surface area contributed by atoms with Crippen LogP contribution in [0.5, 0.6) is 11.5 Å². The minimum absolute atomic E-state index is 0.159. The molecular formula is C34H39N5O5S. The van der Waals surface area contributed by atoms with Gasteiger partial charge >= 0.3 is 0 Å². The van der Waals surface area contributed by atoms with Crippen LogP contribution in [-0.2, 0) is 14.8 Å². The summed E-state index contributed by atoms with van der Waals surface area (Å²) in [5, 5.41) is 1.39. The zero-order valence-corrected chi connectivity index (χ0v) is 26.6. The summed E-state index contributed by atoms with van der Waals surface area (Å²) in [6.45, 7) is 6.36. The maximum Gasteiger partial charge on any atom is 0.268 e. The Balaban J connectivity index is 1.40. The van der Waals surface area contributed by atoms with E-state index in [-0.39, 0.29) is 11.1 Å². The summed E-state index contributed by atoms with van der Waals surface area (Å²) >= 11 is 0. The fourth-order valence-electron chi connectivity index (χ4n) is 6.61. The Hall–Kier alpha value is -3.93. The molecule has 5 heterocycles. The van der Waals surface area contributed by atoms with Gasteiger partial charge in [-0.3, -0.25) is 4.98 Å². The smallest absolute Gasteiger partial charge is 0.268 e. The first kappa shape index (κ1) is 29.8. The number of fused-ring (bicyclic) bond motifs is 3. The lowest BCUT2D eigenvalue weighted by Crippen LogP contribution is -2.22. The van der Waals surface area contributed by atoms with Crippen LogP contribution < -0.4 is 9.47 Å². The van der Waals surface area contributed by atoms with Crippen molar-refractivity contribution in [3.05, 3.63) is 66.7 Å². The van der Waals surface area contributed by atoms with Gasteiger partial charge in [0.05, 0.1) is 53.6 Å². The van der Waals surface area contributed by atoms with E-state index in [1.165, 1.54) is 16.8 Å². The molecule has 0 saturated carbocycles. The molecule has 0 spiro atoms. The topological polar surface area (TPSA) is 101 Å². The fraction of sp³-hybridized carbons (Fsp3) is 0.412. The molecule has 0 bridgehead atoms. The second-order valence-corrected chi connectivity index (χ2v) is 13.7. The quantitative estimate of drug-likeness (QED) is 0.169. The van der Waals surface area contributed by atoms with Crippen molar-refractivity contribution >= 4 is 31.8 Å². The molecule has 3 aromatic heterocycles. The number of rotatable bonds is 10. The molecule has 0 aliphatic carbocycles. The average Bonchev–Trinajstić information content (AvgIpc) is 3.83. The minimum Gasteiger partial charge on any atom is -0.493 e. The molecule has 10 nitrogen and oxygen atoms in total. The van der Waals surface area contributed by atoms with E-state index in [4.69, 9.17) is 19.2 Å². The van der Waals surface area contributed by atoms with Crippen LogP contribution in [0, 0.1) is 6.92 Å². The minimum atomic E-state index is -4.02. The number of hydrogen-bond donors (Lipinski definition) is 0. The first-order chi connectivity index (χ1) is 22.0. The van der Waals surface area contributed by atoms with Gasteiger partial charge in [0.2, 0.25) is 0 Å². The normalized spacial score (nSPS) is 17.8. The molecule has 2 aliphatic rings. The SMILES string of the molecule is COc1cc2c3c(-c4cncn4C4CCCCO4)nccc3n(S(=O)(=O)c3ccc(C)cc3)c2cc1OCCCN1CCCC1. The van der Waals surface area contributed by atoms with Crippen molar-refractivity contribution in [3.8, 4) is 22.9 Å². The summed E-state index contributed by atoms with van der Waals surface area (Å²) in [6, 6.07) is 12.4. The van der Waals surface area contributed by atoms with Gasteiger partial charge in [0, 0.05) is 36.2 Å². The molecule has 2 saturated heterocycles. The third-order valence-corrected chi connectivity index (χ3v) is 10.7. The fourth-order valence-corrected chi connectivity index (χ4v) is 8.12. The van der Waals surface area contributed by atoms with Crippen molar-refractivity contribution in [2.75, 3.05) is 40.0 Å². The number of imidazole rings is 1. The third kappa shape index (κ3) is 5.57. The number of nitrogens with zero attached hydrogens (tertiary/aromatic N) is 5. The lowest BCUT2D eigenvalue weighted by molar-refractivity contribution is -0.0310. The molecule has 1 unspecified atom stereocenters. The highest BCUT2D eigenvalue weighted by atomic mass is 32.2. The molecule has 236 valence electrons. The second kappa shape index (κ2) is 12.5. The van der Waals surface area contributed by atoms with Gasteiger partial charge in [-0.1, -0.05) is 17.7 Å². The van der Waals surface area contributed by atoms with E-state index in [9.17, 15) is 8.42 Å². The molecule has 0 N–H and O–H groups in total. The van der Waals surface area contributed by atoms with Crippen LogP contribution in [0.25, 0.3) is 33.2 Å². The van der Waals surface area contributed by atoms with E-state index < -0.39 is 10.0 Å². The van der Waals surface area contributed by atoms with Crippen molar-refractivity contribution < 1.29 is 22.6 Å². The van der Waals surface area contributed by atoms with E-state index in [1.807, 2.05) is 29.7 Å². The van der Waals surface area contributed by atoms with Crippen LogP contribution in [0.1, 0.15) is 50.3 Å². The van der Waals surface area contributed by atoms with Gasteiger partial charge in [0.1, 0.15) is 6.23 Å². The summed E-state index contributed by atoms with van der Waals surface area (Å²) in [7, 11) is -2.41. The number of pyridine rings is 1. The first-order valence-corrected chi connectivity index (χ1v) is 17.2. The van der Waals surface area contributed by atoms with E-state index >= 15 is 0 Å². The highest BCUT2D eigenvalue weighted by Crippen LogP contribution is 2.43. The highest BCUT2D eigenvalue weighted by Gasteiger charge is 2.29. The summed E-state index contributed by atoms with van der Waals surface area (Å²) in [4.78, 5) is 11.9. The Morgan fingerprint density at radius 1 is 1.00 bits per heavy atom. The highest BCUT2D eigenvalue weighted by molar-refractivity contribution is 7.90. The number of aryl methyl sites for hydroxylation is 1. The van der Waals surface area contributed by atoms with Gasteiger partial charge in [-0.25, -0.2) is 17.4 Å². The monoisotopic (exact) mass is 629 g/mol. The number of aromatic nitrogens is 4. The largest absolute Gasteiger partial charge is 0.493 e. The Labute approximate surface area is 263 Å². The van der Waals surface area contributed by atoms with Crippen molar-refractivity contribution in [1.29, 1.82) is 0 Å². The van der Waals surface area contributed by atoms with Crippen LogP contribution in [0.4, 0.5) is 0 Å². The Kier molecular flexibility index (Phi) is 8.24. The molecule has 11 heteroatoms. The molecule has 2 fully saturated rings. The number of methoxy groups -OCH3 is 1. The summed E-state index contributed by atoms with van der Waals surface area (Å²) in [5.41, 5.74) is 3.38. The predicted molar refractivity (Wildman–Crippen MR) is 173 cm³/mol. The zero-order valence-electron chi connectivity index (χ0n) is 25.8.